The summed E-state index contributed by atoms with van der Waals surface area (Å²) in [5.74, 6) is -3.21. The predicted molar refractivity (Wildman–Crippen MR) is 72.0 cm³/mol. The lowest BCUT2D eigenvalue weighted by atomic mass is 10.1. The number of benzene rings is 1. The van der Waals surface area contributed by atoms with Gasteiger partial charge in [0.05, 0.1) is 11.0 Å². The average Bonchev–Trinajstić information content (AvgIpc) is 2.65. The minimum Gasteiger partial charge on any atom is -0.336 e. The van der Waals surface area contributed by atoms with E-state index >= 15 is 0 Å². The lowest BCUT2D eigenvalue weighted by Crippen LogP contribution is -2.38. The monoisotopic (exact) mass is 298 g/mol. The van der Waals surface area contributed by atoms with Crippen LogP contribution in [-0.4, -0.2) is 28.3 Å². The number of nitrogens with zero attached hydrogens (tertiary/aromatic N) is 2. The summed E-state index contributed by atoms with van der Waals surface area (Å²) >= 11 is 0. The second-order valence-corrected chi connectivity index (χ2v) is 5.24. The molecule has 0 aromatic heterocycles. The maximum atomic E-state index is 13.4. The molecule has 1 saturated heterocycles. The zero-order valence-corrected chi connectivity index (χ0v) is 11.6. The Kier molecular flexibility index (Phi) is 4.50. The maximum Gasteiger partial charge on any atom is 0.285 e. The van der Waals surface area contributed by atoms with E-state index in [-0.39, 0.29) is 6.04 Å². The molecule has 0 N–H and O–H groups in total. The summed E-state index contributed by atoms with van der Waals surface area (Å²) in [6.07, 6.45) is 3.55. The Labute approximate surface area is 120 Å². The van der Waals surface area contributed by atoms with Gasteiger partial charge in [-0.3, -0.25) is 14.9 Å². The summed E-state index contributed by atoms with van der Waals surface area (Å²) in [6.45, 7) is 2.32. The number of likely N-dealkylation sites (tertiary alicyclic amines) is 1. The second kappa shape index (κ2) is 6.15. The van der Waals surface area contributed by atoms with Crippen molar-refractivity contribution in [1.29, 1.82) is 0 Å². The third kappa shape index (κ3) is 3.17. The molecule has 1 heterocycles. The van der Waals surface area contributed by atoms with Gasteiger partial charge < -0.3 is 4.90 Å². The topological polar surface area (TPSA) is 63.5 Å². The molecule has 1 unspecified atom stereocenters. The van der Waals surface area contributed by atoms with Crippen molar-refractivity contribution < 1.29 is 18.5 Å². The van der Waals surface area contributed by atoms with E-state index in [4.69, 9.17) is 0 Å². The number of rotatable bonds is 2. The van der Waals surface area contributed by atoms with E-state index in [9.17, 15) is 23.7 Å². The molecule has 2 rings (SSSR count). The fraction of sp³-hybridized carbons (Fsp3) is 0.500. The molecule has 0 spiro atoms. The van der Waals surface area contributed by atoms with Crippen LogP contribution in [0, 0.1) is 21.7 Å². The van der Waals surface area contributed by atoms with E-state index in [1.807, 2.05) is 6.92 Å². The van der Waals surface area contributed by atoms with Crippen LogP contribution in [-0.2, 0) is 0 Å². The normalized spacial score (nSPS) is 19.2. The highest BCUT2D eigenvalue weighted by Gasteiger charge is 2.30. The van der Waals surface area contributed by atoms with Gasteiger partial charge in [0.2, 0.25) is 0 Å². The Morgan fingerprint density at radius 1 is 1.29 bits per heavy atom. The quantitative estimate of drug-likeness (QED) is 0.621. The number of amides is 1. The van der Waals surface area contributed by atoms with Crippen LogP contribution >= 0.6 is 0 Å². The molecule has 0 saturated carbocycles. The molecule has 1 aromatic carbocycles. The minimum absolute atomic E-state index is 0.0762. The van der Waals surface area contributed by atoms with E-state index in [0.29, 0.717) is 18.7 Å². The van der Waals surface area contributed by atoms with Gasteiger partial charge in [0.1, 0.15) is 5.56 Å². The SMILES string of the molecule is CC1CCCCCN1C(=O)c1cc(F)c(F)cc1[N+](=O)[O-]. The summed E-state index contributed by atoms with van der Waals surface area (Å²) in [4.78, 5) is 24.1. The van der Waals surface area contributed by atoms with Gasteiger partial charge in [-0.05, 0) is 25.8 Å². The minimum atomic E-state index is -1.33. The van der Waals surface area contributed by atoms with Gasteiger partial charge in [-0.15, -0.1) is 0 Å². The Balaban J connectivity index is 2.42. The molecule has 1 aliphatic heterocycles. The van der Waals surface area contributed by atoms with Gasteiger partial charge in [0.25, 0.3) is 11.6 Å². The van der Waals surface area contributed by atoms with Crippen LogP contribution < -0.4 is 0 Å². The Hall–Kier alpha value is -2.05. The molecule has 114 valence electrons. The second-order valence-electron chi connectivity index (χ2n) is 5.24. The van der Waals surface area contributed by atoms with Gasteiger partial charge in [0.15, 0.2) is 11.6 Å². The molecule has 1 fully saturated rings. The summed E-state index contributed by atoms with van der Waals surface area (Å²) in [5.41, 5.74) is -1.09. The van der Waals surface area contributed by atoms with Gasteiger partial charge in [-0.1, -0.05) is 12.8 Å². The molecular weight excluding hydrogens is 282 g/mol. The maximum absolute atomic E-state index is 13.4. The zero-order chi connectivity index (χ0) is 15.6. The molecule has 0 radical (unpaired) electrons. The van der Waals surface area contributed by atoms with E-state index < -0.39 is 33.7 Å². The van der Waals surface area contributed by atoms with Crippen molar-refractivity contribution in [3.63, 3.8) is 0 Å². The zero-order valence-electron chi connectivity index (χ0n) is 11.6. The van der Waals surface area contributed by atoms with Gasteiger partial charge >= 0.3 is 0 Å². The standard InChI is InChI=1S/C14H16F2N2O3/c1-9-5-3-2-4-6-17(9)14(19)10-7-11(15)12(16)8-13(10)18(20)21/h7-9H,2-6H2,1H3. The van der Waals surface area contributed by atoms with Crippen molar-refractivity contribution in [3.05, 3.63) is 39.4 Å². The van der Waals surface area contributed by atoms with Gasteiger partial charge in [-0.2, -0.15) is 0 Å². The van der Waals surface area contributed by atoms with Crippen LogP contribution in [0.2, 0.25) is 0 Å². The van der Waals surface area contributed by atoms with E-state index in [2.05, 4.69) is 0 Å². The van der Waals surface area contributed by atoms with Crippen molar-refractivity contribution in [2.45, 2.75) is 38.6 Å². The van der Waals surface area contributed by atoms with Crippen LogP contribution in [0.25, 0.3) is 0 Å². The lowest BCUT2D eigenvalue weighted by molar-refractivity contribution is -0.385. The number of nitro benzene ring substituents is 1. The van der Waals surface area contributed by atoms with Crippen LogP contribution in [0.15, 0.2) is 12.1 Å². The first-order valence-electron chi connectivity index (χ1n) is 6.86. The first kappa shape index (κ1) is 15.3. The third-order valence-corrected chi connectivity index (χ3v) is 3.78. The van der Waals surface area contributed by atoms with Crippen LogP contribution in [0.5, 0.6) is 0 Å². The number of carbonyl (C=O) groups excluding carboxylic acids is 1. The molecule has 1 atom stereocenters. The van der Waals surface area contributed by atoms with Crippen molar-refractivity contribution in [3.8, 4) is 0 Å². The summed E-state index contributed by atoms with van der Waals surface area (Å²) in [7, 11) is 0. The molecule has 0 bridgehead atoms. The van der Waals surface area contributed by atoms with Crippen molar-refractivity contribution in [1.82, 2.24) is 4.90 Å². The Morgan fingerprint density at radius 2 is 1.95 bits per heavy atom. The number of hydrogen-bond donors (Lipinski definition) is 0. The van der Waals surface area contributed by atoms with Crippen LogP contribution in [0.3, 0.4) is 0 Å². The van der Waals surface area contributed by atoms with Crippen LogP contribution in [0.4, 0.5) is 14.5 Å². The van der Waals surface area contributed by atoms with Crippen LogP contribution in [0.1, 0.15) is 43.0 Å². The first-order chi connectivity index (χ1) is 9.91. The van der Waals surface area contributed by atoms with E-state index in [1.165, 1.54) is 4.90 Å². The van der Waals surface area contributed by atoms with E-state index in [1.54, 1.807) is 0 Å². The first-order valence-corrected chi connectivity index (χ1v) is 6.86. The highest BCUT2D eigenvalue weighted by Crippen LogP contribution is 2.26. The average molecular weight is 298 g/mol. The number of halogens is 2. The smallest absolute Gasteiger partial charge is 0.285 e. The van der Waals surface area contributed by atoms with Crippen molar-refractivity contribution in [2.75, 3.05) is 6.54 Å². The number of hydrogen-bond acceptors (Lipinski definition) is 3. The van der Waals surface area contributed by atoms with Crippen molar-refractivity contribution >= 4 is 11.6 Å². The van der Waals surface area contributed by atoms with Crippen molar-refractivity contribution in [2.24, 2.45) is 0 Å². The molecule has 1 aliphatic rings. The van der Waals surface area contributed by atoms with E-state index in [0.717, 1.165) is 25.7 Å². The summed E-state index contributed by atoms with van der Waals surface area (Å²) in [6, 6.07) is 1.01. The highest BCUT2D eigenvalue weighted by atomic mass is 19.2. The van der Waals surface area contributed by atoms with Gasteiger partial charge in [-0.25, -0.2) is 8.78 Å². The molecule has 0 aliphatic carbocycles. The molecule has 5 nitrogen and oxygen atoms in total. The molecule has 21 heavy (non-hydrogen) atoms. The molecular formula is C14H16F2N2O3. The molecule has 7 heteroatoms. The Morgan fingerprint density at radius 3 is 2.62 bits per heavy atom. The number of carbonyl (C=O) groups is 1. The highest BCUT2D eigenvalue weighted by molar-refractivity contribution is 5.98. The lowest BCUT2D eigenvalue weighted by Gasteiger charge is -2.27. The fourth-order valence-corrected chi connectivity index (χ4v) is 2.59. The number of nitro groups is 1. The largest absolute Gasteiger partial charge is 0.336 e. The Bertz CT molecular complexity index is 578. The summed E-state index contributed by atoms with van der Waals surface area (Å²) < 4.78 is 26.5. The van der Waals surface area contributed by atoms with Gasteiger partial charge in [0, 0.05) is 12.6 Å². The fourth-order valence-electron chi connectivity index (χ4n) is 2.59. The predicted octanol–water partition coefficient (Wildman–Crippen LogP) is 3.28. The third-order valence-electron chi connectivity index (χ3n) is 3.78. The molecule has 1 aromatic rings. The summed E-state index contributed by atoms with van der Waals surface area (Å²) in [5, 5.41) is 11.0. The molecule has 1 amide bonds.